The second kappa shape index (κ2) is 11.6. The van der Waals surface area contributed by atoms with Crippen molar-refractivity contribution in [2.45, 2.75) is 0 Å². The Kier molecular flexibility index (Phi) is 7.81. The predicted octanol–water partition coefficient (Wildman–Crippen LogP) is 5.14. The molecule has 0 aliphatic rings. The van der Waals surface area contributed by atoms with Gasteiger partial charge in [-0.05, 0) is 59.7 Å². The molecule has 0 fully saturated rings. The zero-order valence-corrected chi connectivity index (χ0v) is 20.6. The van der Waals surface area contributed by atoms with Crippen molar-refractivity contribution < 1.29 is 38.9 Å². The first-order chi connectivity index (χ1) is 19.1. The van der Waals surface area contributed by atoms with Gasteiger partial charge in [-0.2, -0.15) is 0 Å². The quantitative estimate of drug-likeness (QED) is 0.103. The topological polar surface area (TPSA) is 203 Å². The van der Waals surface area contributed by atoms with Gasteiger partial charge in [0.05, 0.1) is 22.5 Å². The number of hydrogen-bond acceptors (Lipinski definition) is 8. The summed E-state index contributed by atoms with van der Waals surface area (Å²) in [6.45, 7) is 0. The molecule has 0 spiro atoms. The first kappa shape index (κ1) is 27.0. The van der Waals surface area contributed by atoms with E-state index in [1.54, 1.807) is 48.5 Å². The predicted molar refractivity (Wildman–Crippen MR) is 147 cm³/mol. The Labute approximate surface area is 226 Å². The van der Waals surface area contributed by atoms with Crippen LogP contribution in [0.1, 0.15) is 20.7 Å². The van der Waals surface area contributed by atoms with E-state index < -0.39 is 24.1 Å². The van der Waals surface area contributed by atoms with Crippen LogP contribution in [0, 0.1) is 0 Å². The van der Waals surface area contributed by atoms with E-state index in [9.17, 15) is 29.4 Å². The molecule has 0 aliphatic heterocycles. The summed E-state index contributed by atoms with van der Waals surface area (Å²) in [7, 11) is 0. The number of ether oxygens (including phenoxy) is 2. The molecule has 4 rings (SSSR count). The summed E-state index contributed by atoms with van der Waals surface area (Å²) in [4.78, 5) is 48.1. The third-order valence-corrected chi connectivity index (χ3v) is 5.60. The normalized spacial score (nSPS) is 10.3. The lowest BCUT2D eigenvalue weighted by Crippen LogP contribution is -2.16. The Bertz CT molecular complexity index is 1520. The van der Waals surface area contributed by atoms with Crippen LogP contribution in [0.2, 0.25) is 0 Å². The van der Waals surface area contributed by atoms with Gasteiger partial charge in [0.1, 0.15) is 0 Å². The van der Waals surface area contributed by atoms with Gasteiger partial charge in [-0.3, -0.25) is 9.59 Å². The fraction of sp³-hybridized carbons (Fsp3) is 0. The molecule has 202 valence electrons. The molecule has 0 saturated carbocycles. The highest BCUT2D eigenvalue weighted by atomic mass is 16.7. The minimum absolute atomic E-state index is 0.0470. The number of amides is 2. The molecule has 40 heavy (non-hydrogen) atoms. The molecule has 0 aliphatic carbocycles. The number of nitrogen functional groups attached to an aromatic ring is 2. The fourth-order valence-electron chi connectivity index (χ4n) is 3.75. The number of para-hydroxylation sites is 2. The molecule has 0 aromatic heterocycles. The van der Waals surface area contributed by atoms with Crippen LogP contribution in [0.5, 0.6) is 11.5 Å². The maximum Gasteiger partial charge on any atom is 0.511 e. The first-order valence-corrected chi connectivity index (χ1v) is 11.5. The highest BCUT2D eigenvalue weighted by Crippen LogP contribution is 2.36. The molecular weight excluding hydrogens is 520 g/mol. The Hall–Kier alpha value is -6.04. The van der Waals surface area contributed by atoms with Gasteiger partial charge in [-0.15, -0.1) is 0 Å². The highest BCUT2D eigenvalue weighted by Gasteiger charge is 2.18. The molecule has 4 aromatic carbocycles. The molecule has 0 heterocycles. The Morgan fingerprint density at radius 1 is 0.575 bits per heavy atom. The van der Waals surface area contributed by atoms with Gasteiger partial charge in [0.25, 0.3) is 11.8 Å². The van der Waals surface area contributed by atoms with E-state index in [1.807, 2.05) is 0 Å². The second-order valence-electron chi connectivity index (χ2n) is 8.24. The highest BCUT2D eigenvalue weighted by molar-refractivity contribution is 6.09. The van der Waals surface area contributed by atoms with Gasteiger partial charge in [0.2, 0.25) is 0 Å². The van der Waals surface area contributed by atoms with Crippen molar-refractivity contribution in [1.29, 1.82) is 0 Å². The van der Waals surface area contributed by atoms with E-state index >= 15 is 0 Å². The van der Waals surface area contributed by atoms with Crippen LogP contribution in [0.15, 0.2) is 84.9 Å². The minimum atomic E-state index is -1.62. The van der Waals surface area contributed by atoms with Gasteiger partial charge in [0, 0.05) is 11.4 Å². The van der Waals surface area contributed by atoms with Gasteiger partial charge < -0.3 is 41.8 Å². The number of carboxylic acid groups (broad SMARTS) is 2. The number of benzene rings is 4. The zero-order chi connectivity index (χ0) is 28.8. The van der Waals surface area contributed by atoms with E-state index in [0.717, 1.165) is 0 Å². The molecule has 8 N–H and O–H groups in total. The van der Waals surface area contributed by atoms with Gasteiger partial charge in [-0.25, -0.2) is 9.59 Å². The largest absolute Gasteiger partial charge is 0.511 e. The van der Waals surface area contributed by atoms with Crippen LogP contribution < -0.4 is 31.6 Å². The first-order valence-electron chi connectivity index (χ1n) is 11.5. The summed E-state index contributed by atoms with van der Waals surface area (Å²) in [6, 6.07) is 21.3. The standard InChI is InChI=1S/C28H22N4O8/c29-19-7-3-1-5-17(19)25(33)31-21-11-9-15(13-23(21)39-27(35)36)16-10-12-22(24(14-16)40-28(37)38)32-26(34)18-6-2-4-8-20(18)30/h1-14H,29-30H2,(H,31,33)(H,32,34)(H,35,36)(H,37,38). The summed E-state index contributed by atoms with van der Waals surface area (Å²) >= 11 is 0. The van der Waals surface area contributed by atoms with Crippen molar-refractivity contribution >= 4 is 46.9 Å². The fourth-order valence-corrected chi connectivity index (χ4v) is 3.75. The molecule has 0 radical (unpaired) electrons. The smallest absolute Gasteiger partial charge is 0.449 e. The van der Waals surface area contributed by atoms with Crippen LogP contribution in [0.25, 0.3) is 11.1 Å². The number of rotatable bonds is 7. The Morgan fingerprint density at radius 2 is 0.950 bits per heavy atom. The zero-order valence-electron chi connectivity index (χ0n) is 20.6. The number of carbonyl (C=O) groups is 4. The van der Waals surface area contributed by atoms with Gasteiger partial charge in [0.15, 0.2) is 11.5 Å². The molecule has 2 amide bonds. The van der Waals surface area contributed by atoms with E-state index in [-0.39, 0.29) is 45.4 Å². The SMILES string of the molecule is Nc1ccccc1C(=O)Nc1ccc(-c2ccc(NC(=O)c3ccccc3N)c(OC(=O)O)c2)cc1OC(=O)O. The average Bonchev–Trinajstić information content (AvgIpc) is 2.90. The van der Waals surface area contributed by atoms with E-state index in [1.165, 1.54) is 36.4 Å². The van der Waals surface area contributed by atoms with Gasteiger partial charge >= 0.3 is 12.3 Å². The molecule has 0 unspecified atom stereocenters. The minimum Gasteiger partial charge on any atom is -0.449 e. The van der Waals surface area contributed by atoms with Crippen LogP contribution in [0.3, 0.4) is 0 Å². The van der Waals surface area contributed by atoms with Gasteiger partial charge in [-0.1, -0.05) is 36.4 Å². The van der Waals surface area contributed by atoms with Crippen LogP contribution in [-0.4, -0.2) is 34.3 Å². The Morgan fingerprint density at radius 3 is 1.30 bits per heavy atom. The van der Waals surface area contributed by atoms with Crippen molar-refractivity contribution in [3.8, 4) is 22.6 Å². The van der Waals surface area contributed by atoms with Crippen molar-refractivity contribution in [1.82, 2.24) is 0 Å². The summed E-state index contributed by atoms with van der Waals surface area (Å²) < 4.78 is 9.76. The maximum absolute atomic E-state index is 12.7. The molecule has 12 nitrogen and oxygen atoms in total. The molecule has 0 saturated heterocycles. The van der Waals surface area contributed by atoms with Crippen LogP contribution >= 0.6 is 0 Å². The lowest BCUT2D eigenvalue weighted by molar-refractivity contribution is 0.101. The van der Waals surface area contributed by atoms with Crippen molar-refractivity contribution in [2.24, 2.45) is 0 Å². The molecular formula is C28H22N4O8. The number of nitrogens with one attached hydrogen (secondary N) is 2. The summed E-state index contributed by atoms with van der Waals surface area (Å²) in [6.07, 6.45) is -3.25. The summed E-state index contributed by atoms with van der Waals surface area (Å²) in [5.74, 6) is -1.58. The van der Waals surface area contributed by atoms with Crippen LogP contribution in [-0.2, 0) is 0 Å². The number of carbonyl (C=O) groups excluding carboxylic acids is 2. The molecule has 4 aromatic rings. The maximum atomic E-state index is 12.7. The number of nitrogens with two attached hydrogens (primary N) is 2. The Balaban J connectivity index is 1.67. The molecule has 12 heteroatoms. The number of anilines is 4. The van der Waals surface area contributed by atoms with E-state index in [2.05, 4.69) is 10.6 Å². The lowest BCUT2D eigenvalue weighted by atomic mass is 10.0. The lowest BCUT2D eigenvalue weighted by Gasteiger charge is -2.15. The third kappa shape index (κ3) is 6.26. The third-order valence-electron chi connectivity index (χ3n) is 5.60. The van der Waals surface area contributed by atoms with Crippen molar-refractivity contribution in [2.75, 3.05) is 22.1 Å². The summed E-state index contributed by atoms with van der Waals surface area (Å²) in [5.41, 5.74) is 13.4. The van der Waals surface area contributed by atoms with Crippen LogP contribution in [0.4, 0.5) is 32.3 Å². The van der Waals surface area contributed by atoms with E-state index in [4.69, 9.17) is 20.9 Å². The monoisotopic (exact) mass is 542 g/mol. The van der Waals surface area contributed by atoms with Crippen molar-refractivity contribution in [3.63, 3.8) is 0 Å². The molecule has 0 bridgehead atoms. The number of hydrogen-bond donors (Lipinski definition) is 6. The van der Waals surface area contributed by atoms with E-state index in [0.29, 0.717) is 11.1 Å². The molecule has 0 atom stereocenters. The van der Waals surface area contributed by atoms with Crippen molar-refractivity contribution in [3.05, 3.63) is 96.1 Å². The second-order valence-corrected chi connectivity index (χ2v) is 8.24. The average molecular weight is 543 g/mol. The summed E-state index contributed by atoms with van der Waals surface area (Å²) in [5, 5.41) is 23.6.